The summed E-state index contributed by atoms with van der Waals surface area (Å²) in [6.45, 7) is 8.10. The van der Waals surface area contributed by atoms with Crippen molar-refractivity contribution < 1.29 is 0 Å². The number of thioether (sulfide) groups is 1. The Hall–Kier alpha value is -0.920. The summed E-state index contributed by atoms with van der Waals surface area (Å²) in [6.07, 6.45) is 0. The fourth-order valence-corrected chi connectivity index (χ4v) is 3.12. The molecule has 0 aliphatic heterocycles. The van der Waals surface area contributed by atoms with Crippen LogP contribution < -0.4 is 5.32 Å². The smallest absolute Gasteiger partial charge is 0.209 e. The summed E-state index contributed by atoms with van der Waals surface area (Å²) in [7, 11) is 0. The van der Waals surface area contributed by atoms with Crippen molar-refractivity contribution in [1.29, 1.82) is 0 Å². The Morgan fingerprint density at radius 1 is 1.42 bits per heavy atom. The highest BCUT2D eigenvalue weighted by Crippen LogP contribution is 2.21. The fourth-order valence-electron chi connectivity index (χ4n) is 1.50. The van der Waals surface area contributed by atoms with Crippen LogP contribution in [0.2, 0.25) is 0 Å². The molecule has 0 unspecified atom stereocenters. The van der Waals surface area contributed by atoms with Crippen LogP contribution in [0.4, 0.5) is 0 Å². The molecule has 19 heavy (non-hydrogen) atoms. The first-order chi connectivity index (χ1) is 9.04. The minimum absolute atomic E-state index is 0.123. The summed E-state index contributed by atoms with van der Waals surface area (Å²) >= 11 is 3.39. The highest BCUT2D eigenvalue weighted by atomic mass is 32.2. The molecule has 0 aromatic carbocycles. The molecular formula is C12H19N5S2. The minimum atomic E-state index is 0.123. The number of aromatic nitrogens is 4. The Morgan fingerprint density at radius 2 is 2.26 bits per heavy atom. The highest BCUT2D eigenvalue weighted by Gasteiger charge is 2.10. The fraction of sp³-hybridized carbons (Fsp3) is 0.583. The maximum absolute atomic E-state index is 4.07. The molecule has 5 nitrogen and oxygen atoms in total. The van der Waals surface area contributed by atoms with Crippen molar-refractivity contribution in [3.63, 3.8) is 0 Å². The van der Waals surface area contributed by atoms with Crippen LogP contribution in [0.25, 0.3) is 0 Å². The lowest BCUT2D eigenvalue weighted by Gasteiger charge is -2.20. The molecule has 104 valence electrons. The van der Waals surface area contributed by atoms with Crippen molar-refractivity contribution in [2.45, 2.75) is 43.8 Å². The van der Waals surface area contributed by atoms with Gasteiger partial charge in [0.25, 0.3) is 0 Å². The Balaban J connectivity index is 1.83. The first-order valence-electron chi connectivity index (χ1n) is 6.20. The number of hydrogen-bond donors (Lipinski definition) is 1. The van der Waals surface area contributed by atoms with Crippen LogP contribution in [0.15, 0.2) is 22.0 Å². The zero-order valence-electron chi connectivity index (χ0n) is 11.5. The van der Waals surface area contributed by atoms with Gasteiger partial charge >= 0.3 is 0 Å². The van der Waals surface area contributed by atoms with E-state index in [1.54, 1.807) is 23.1 Å². The van der Waals surface area contributed by atoms with Crippen LogP contribution >= 0.6 is 23.1 Å². The molecule has 2 rings (SSSR count). The van der Waals surface area contributed by atoms with Gasteiger partial charge in [0.2, 0.25) is 5.16 Å². The van der Waals surface area contributed by atoms with Gasteiger partial charge in [0, 0.05) is 17.8 Å². The van der Waals surface area contributed by atoms with E-state index >= 15 is 0 Å². The monoisotopic (exact) mass is 297 g/mol. The first kappa shape index (κ1) is 14.5. The van der Waals surface area contributed by atoms with Crippen molar-refractivity contribution in [3.8, 4) is 0 Å². The molecular weight excluding hydrogens is 278 g/mol. The maximum atomic E-state index is 4.07. The predicted molar refractivity (Wildman–Crippen MR) is 79.5 cm³/mol. The van der Waals surface area contributed by atoms with Gasteiger partial charge < -0.3 is 5.32 Å². The minimum Gasteiger partial charge on any atom is -0.310 e. The van der Waals surface area contributed by atoms with Gasteiger partial charge in [0.15, 0.2) is 0 Å². The van der Waals surface area contributed by atoms with Crippen LogP contribution in [-0.4, -0.2) is 32.3 Å². The van der Waals surface area contributed by atoms with Crippen LogP contribution in [0.5, 0.6) is 0 Å². The van der Waals surface area contributed by atoms with E-state index in [0.29, 0.717) is 0 Å². The maximum Gasteiger partial charge on any atom is 0.209 e. The summed E-state index contributed by atoms with van der Waals surface area (Å²) in [5.74, 6) is 0.913. The van der Waals surface area contributed by atoms with E-state index in [4.69, 9.17) is 0 Å². The first-order valence-corrected chi connectivity index (χ1v) is 8.12. The summed E-state index contributed by atoms with van der Waals surface area (Å²) in [5.41, 5.74) is 1.44. The lowest BCUT2D eigenvalue weighted by molar-refractivity contribution is 0.396. The average Bonchev–Trinajstić information content (AvgIpc) is 2.95. The second-order valence-electron chi connectivity index (χ2n) is 5.28. The lowest BCUT2D eigenvalue weighted by Crippen LogP contribution is -2.38. The molecule has 0 aliphatic rings. The van der Waals surface area contributed by atoms with E-state index < -0.39 is 0 Å². The molecule has 2 heterocycles. The van der Waals surface area contributed by atoms with E-state index in [-0.39, 0.29) is 5.54 Å². The SMILES string of the molecule is CC(C)(C)NCCn1nnnc1SCc1ccsc1. The van der Waals surface area contributed by atoms with Crippen LogP contribution in [0.1, 0.15) is 26.3 Å². The molecule has 0 saturated carbocycles. The van der Waals surface area contributed by atoms with E-state index in [1.165, 1.54) is 5.56 Å². The summed E-state index contributed by atoms with van der Waals surface area (Å²) < 4.78 is 1.86. The van der Waals surface area contributed by atoms with Gasteiger partial charge in [-0.2, -0.15) is 11.3 Å². The topological polar surface area (TPSA) is 55.6 Å². The van der Waals surface area contributed by atoms with E-state index in [2.05, 4.69) is 58.4 Å². The van der Waals surface area contributed by atoms with Crippen molar-refractivity contribution in [3.05, 3.63) is 22.4 Å². The molecule has 2 aromatic heterocycles. The number of nitrogens with one attached hydrogen (secondary N) is 1. The van der Waals surface area contributed by atoms with Crippen molar-refractivity contribution in [2.75, 3.05) is 6.54 Å². The zero-order valence-corrected chi connectivity index (χ0v) is 13.1. The Bertz CT molecular complexity index is 486. The number of tetrazole rings is 1. The second kappa shape index (κ2) is 6.49. The standard InChI is InChI=1S/C12H19N5S2/c1-12(2,3)13-5-6-17-11(14-15-16-17)19-9-10-4-7-18-8-10/h4,7-8,13H,5-6,9H2,1-3H3. The van der Waals surface area contributed by atoms with Crippen LogP contribution in [0, 0.1) is 0 Å². The van der Waals surface area contributed by atoms with Crippen LogP contribution in [0.3, 0.4) is 0 Å². The van der Waals surface area contributed by atoms with E-state index in [9.17, 15) is 0 Å². The van der Waals surface area contributed by atoms with Gasteiger partial charge in [-0.25, -0.2) is 4.68 Å². The van der Waals surface area contributed by atoms with Gasteiger partial charge in [-0.15, -0.1) is 5.10 Å². The van der Waals surface area contributed by atoms with Crippen molar-refractivity contribution in [2.24, 2.45) is 0 Å². The molecule has 0 radical (unpaired) electrons. The molecule has 0 amide bonds. The molecule has 0 atom stereocenters. The molecule has 1 N–H and O–H groups in total. The van der Waals surface area contributed by atoms with E-state index in [0.717, 1.165) is 24.0 Å². The number of rotatable bonds is 6. The van der Waals surface area contributed by atoms with E-state index in [1.807, 2.05) is 4.68 Å². The lowest BCUT2D eigenvalue weighted by atomic mass is 10.1. The molecule has 0 aliphatic carbocycles. The Labute approximate surface area is 121 Å². The van der Waals surface area contributed by atoms with Gasteiger partial charge in [-0.05, 0) is 53.6 Å². The Kier molecular flexibility index (Phi) is 4.95. The Morgan fingerprint density at radius 3 is 2.95 bits per heavy atom. The third-order valence-corrected chi connectivity index (χ3v) is 4.19. The van der Waals surface area contributed by atoms with Gasteiger partial charge in [-0.1, -0.05) is 11.8 Å². The molecule has 0 spiro atoms. The number of nitrogens with zero attached hydrogens (tertiary/aromatic N) is 4. The molecule has 0 saturated heterocycles. The predicted octanol–water partition coefficient (Wildman–Crippen LogP) is 2.42. The molecule has 0 fully saturated rings. The van der Waals surface area contributed by atoms with Gasteiger partial charge in [0.05, 0.1) is 6.54 Å². The highest BCUT2D eigenvalue weighted by molar-refractivity contribution is 7.98. The molecule has 7 heteroatoms. The van der Waals surface area contributed by atoms with Crippen LogP contribution in [-0.2, 0) is 12.3 Å². The number of hydrogen-bond acceptors (Lipinski definition) is 6. The molecule has 2 aromatic rings. The van der Waals surface area contributed by atoms with Crippen molar-refractivity contribution in [1.82, 2.24) is 25.5 Å². The summed E-state index contributed by atoms with van der Waals surface area (Å²) in [5, 5.41) is 20.4. The van der Waals surface area contributed by atoms with Gasteiger partial charge in [0.1, 0.15) is 0 Å². The second-order valence-corrected chi connectivity index (χ2v) is 7.00. The average molecular weight is 297 g/mol. The normalized spacial score (nSPS) is 11.9. The van der Waals surface area contributed by atoms with Crippen molar-refractivity contribution >= 4 is 23.1 Å². The quantitative estimate of drug-likeness (QED) is 0.830. The third kappa shape index (κ3) is 4.93. The largest absolute Gasteiger partial charge is 0.310 e. The van der Waals surface area contributed by atoms with Gasteiger partial charge in [-0.3, -0.25) is 0 Å². The third-order valence-electron chi connectivity index (χ3n) is 2.43. The molecule has 0 bridgehead atoms. The summed E-state index contributed by atoms with van der Waals surface area (Å²) in [4.78, 5) is 0. The summed E-state index contributed by atoms with van der Waals surface area (Å²) in [6, 6.07) is 2.13. The number of thiophene rings is 1. The zero-order chi connectivity index (χ0) is 13.7.